The van der Waals surface area contributed by atoms with Gasteiger partial charge in [-0.1, -0.05) is 6.58 Å². The van der Waals surface area contributed by atoms with Gasteiger partial charge in [0.2, 0.25) is 0 Å². The van der Waals surface area contributed by atoms with Crippen molar-refractivity contribution in [3.05, 3.63) is 12.3 Å². The molecular formula is C7H14N2. The molecule has 0 saturated carbocycles. The maximum absolute atomic E-state index is 5.68. The molecular weight excluding hydrogens is 112 g/mol. The van der Waals surface area contributed by atoms with Gasteiger partial charge in [-0.2, -0.15) is 0 Å². The quantitative estimate of drug-likeness (QED) is 0.556. The molecule has 0 aromatic heterocycles. The van der Waals surface area contributed by atoms with E-state index in [-0.39, 0.29) is 0 Å². The van der Waals surface area contributed by atoms with Gasteiger partial charge in [-0.25, -0.2) is 0 Å². The van der Waals surface area contributed by atoms with Crippen LogP contribution in [0.4, 0.5) is 0 Å². The van der Waals surface area contributed by atoms with E-state index in [1.54, 1.807) is 0 Å². The lowest BCUT2D eigenvalue weighted by Crippen LogP contribution is -2.24. The topological polar surface area (TPSA) is 29.3 Å². The average molecular weight is 126 g/mol. The standard InChI is InChI=1S/C7H14N2/c1-6(2)9-4-3-7(8)5-9/h7H,1,3-5,8H2,2H3. The van der Waals surface area contributed by atoms with Crippen molar-refractivity contribution in [3.63, 3.8) is 0 Å². The molecule has 1 unspecified atom stereocenters. The molecule has 0 aromatic carbocycles. The molecule has 1 aliphatic rings. The molecule has 0 spiro atoms. The fourth-order valence-electron chi connectivity index (χ4n) is 1.13. The number of likely N-dealkylation sites (tertiary alicyclic amines) is 1. The zero-order valence-electron chi connectivity index (χ0n) is 5.93. The Morgan fingerprint density at radius 2 is 2.44 bits per heavy atom. The van der Waals surface area contributed by atoms with Crippen molar-refractivity contribution in [2.24, 2.45) is 5.73 Å². The third-order valence-corrected chi connectivity index (χ3v) is 1.76. The first-order valence-corrected chi connectivity index (χ1v) is 3.36. The number of hydrogen-bond acceptors (Lipinski definition) is 2. The van der Waals surface area contributed by atoms with Gasteiger partial charge >= 0.3 is 0 Å². The van der Waals surface area contributed by atoms with E-state index in [2.05, 4.69) is 11.5 Å². The maximum Gasteiger partial charge on any atom is 0.0327 e. The normalized spacial score (nSPS) is 26.9. The van der Waals surface area contributed by atoms with Crippen LogP contribution in [0.2, 0.25) is 0 Å². The summed E-state index contributed by atoms with van der Waals surface area (Å²) < 4.78 is 0. The van der Waals surface area contributed by atoms with Crippen LogP contribution in [0.15, 0.2) is 12.3 Å². The molecule has 0 aliphatic carbocycles. The third-order valence-electron chi connectivity index (χ3n) is 1.76. The van der Waals surface area contributed by atoms with Gasteiger partial charge in [-0.3, -0.25) is 0 Å². The van der Waals surface area contributed by atoms with Gasteiger partial charge in [-0.05, 0) is 13.3 Å². The molecule has 0 aromatic rings. The molecule has 2 nitrogen and oxygen atoms in total. The smallest absolute Gasteiger partial charge is 0.0327 e. The monoisotopic (exact) mass is 126 g/mol. The first kappa shape index (κ1) is 6.62. The summed E-state index contributed by atoms with van der Waals surface area (Å²) in [6.45, 7) is 7.96. The Kier molecular flexibility index (Phi) is 1.76. The van der Waals surface area contributed by atoms with Crippen LogP contribution in [0, 0.1) is 0 Å². The highest BCUT2D eigenvalue weighted by molar-refractivity contribution is 4.94. The molecule has 0 amide bonds. The van der Waals surface area contributed by atoms with Crippen LogP contribution < -0.4 is 5.73 Å². The van der Waals surface area contributed by atoms with Gasteiger partial charge in [0, 0.05) is 24.8 Å². The SMILES string of the molecule is C=C(C)N1CCC(N)C1. The number of rotatable bonds is 1. The Hall–Kier alpha value is -0.500. The van der Waals surface area contributed by atoms with E-state index < -0.39 is 0 Å². The molecule has 1 fully saturated rings. The minimum atomic E-state index is 0.377. The van der Waals surface area contributed by atoms with Crippen LogP contribution in [0.3, 0.4) is 0 Å². The molecule has 1 atom stereocenters. The van der Waals surface area contributed by atoms with Gasteiger partial charge in [0.25, 0.3) is 0 Å². The van der Waals surface area contributed by atoms with Crippen LogP contribution in [0.1, 0.15) is 13.3 Å². The molecule has 0 radical (unpaired) electrons. The van der Waals surface area contributed by atoms with Crippen LogP contribution in [0.5, 0.6) is 0 Å². The van der Waals surface area contributed by atoms with E-state index in [1.807, 2.05) is 6.92 Å². The highest BCUT2D eigenvalue weighted by Crippen LogP contribution is 2.11. The van der Waals surface area contributed by atoms with Crippen molar-refractivity contribution in [3.8, 4) is 0 Å². The lowest BCUT2D eigenvalue weighted by Gasteiger charge is -2.16. The predicted molar refractivity (Wildman–Crippen MR) is 39.0 cm³/mol. The molecule has 9 heavy (non-hydrogen) atoms. The number of nitrogens with two attached hydrogens (primary N) is 1. The van der Waals surface area contributed by atoms with Crippen LogP contribution in [-0.2, 0) is 0 Å². The summed E-state index contributed by atoms with van der Waals surface area (Å²) in [5.74, 6) is 0. The molecule has 1 heterocycles. The molecule has 2 heteroatoms. The Bertz CT molecular complexity index is 120. The predicted octanol–water partition coefficient (Wildman–Crippen LogP) is 0.553. The van der Waals surface area contributed by atoms with Crippen molar-refractivity contribution < 1.29 is 0 Å². The number of nitrogens with zero attached hydrogens (tertiary/aromatic N) is 1. The first-order valence-electron chi connectivity index (χ1n) is 3.36. The van der Waals surface area contributed by atoms with Crippen molar-refractivity contribution in [2.75, 3.05) is 13.1 Å². The lowest BCUT2D eigenvalue weighted by atomic mass is 10.3. The van der Waals surface area contributed by atoms with E-state index in [4.69, 9.17) is 5.73 Å². The average Bonchev–Trinajstić information content (AvgIpc) is 2.14. The molecule has 1 rings (SSSR count). The van der Waals surface area contributed by atoms with Crippen LogP contribution in [-0.4, -0.2) is 24.0 Å². The lowest BCUT2D eigenvalue weighted by molar-refractivity contribution is 0.423. The second-order valence-corrected chi connectivity index (χ2v) is 2.73. The minimum Gasteiger partial charge on any atom is -0.374 e. The maximum atomic E-state index is 5.68. The fourth-order valence-corrected chi connectivity index (χ4v) is 1.13. The zero-order chi connectivity index (χ0) is 6.85. The minimum absolute atomic E-state index is 0.377. The Morgan fingerprint density at radius 3 is 2.67 bits per heavy atom. The third kappa shape index (κ3) is 1.45. The second kappa shape index (κ2) is 2.40. The Labute approximate surface area is 56.3 Å². The summed E-state index contributed by atoms with van der Waals surface area (Å²) in [7, 11) is 0. The summed E-state index contributed by atoms with van der Waals surface area (Å²) in [6, 6.07) is 0.377. The van der Waals surface area contributed by atoms with Gasteiger partial charge in [0.1, 0.15) is 0 Å². The van der Waals surface area contributed by atoms with E-state index in [9.17, 15) is 0 Å². The Morgan fingerprint density at radius 1 is 1.78 bits per heavy atom. The molecule has 2 N–H and O–H groups in total. The highest BCUT2D eigenvalue weighted by atomic mass is 15.2. The largest absolute Gasteiger partial charge is 0.374 e. The van der Waals surface area contributed by atoms with Crippen molar-refractivity contribution in [1.29, 1.82) is 0 Å². The summed E-state index contributed by atoms with van der Waals surface area (Å²) in [6.07, 6.45) is 1.12. The molecule has 1 aliphatic heterocycles. The summed E-state index contributed by atoms with van der Waals surface area (Å²) >= 11 is 0. The van der Waals surface area contributed by atoms with Crippen LogP contribution in [0.25, 0.3) is 0 Å². The summed E-state index contributed by atoms with van der Waals surface area (Å²) in [4.78, 5) is 2.23. The zero-order valence-corrected chi connectivity index (χ0v) is 5.93. The second-order valence-electron chi connectivity index (χ2n) is 2.73. The highest BCUT2D eigenvalue weighted by Gasteiger charge is 2.17. The van der Waals surface area contributed by atoms with E-state index in [1.165, 1.54) is 0 Å². The summed E-state index contributed by atoms with van der Waals surface area (Å²) in [5, 5.41) is 0. The van der Waals surface area contributed by atoms with E-state index in [0.29, 0.717) is 6.04 Å². The van der Waals surface area contributed by atoms with Crippen molar-refractivity contribution in [2.45, 2.75) is 19.4 Å². The number of allylic oxidation sites excluding steroid dienone is 1. The van der Waals surface area contributed by atoms with E-state index >= 15 is 0 Å². The summed E-state index contributed by atoms with van der Waals surface area (Å²) in [5.41, 5.74) is 6.82. The fraction of sp³-hybridized carbons (Fsp3) is 0.714. The van der Waals surface area contributed by atoms with Gasteiger partial charge in [-0.15, -0.1) is 0 Å². The number of hydrogen-bond donors (Lipinski definition) is 1. The van der Waals surface area contributed by atoms with E-state index in [0.717, 1.165) is 25.2 Å². The van der Waals surface area contributed by atoms with Gasteiger partial charge < -0.3 is 10.6 Å². The van der Waals surface area contributed by atoms with Gasteiger partial charge in [0.15, 0.2) is 0 Å². The first-order chi connectivity index (χ1) is 4.20. The Balaban J connectivity index is 2.39. The van der Waals surface area contributed by atoms with Crippen molar-refractivity contribution >= 4 is 0 Å². The molecule has 52 valence electrons. The van der Waals surface area contributed by atoms with Gasteiger partial charge in [0.05, 0.1) is 0 Å². The molecule has 1 saturated heterocycles. The van der Waals surface area contributed by atoms with Crippen LogP contribution >= 0.6 is 0 Å². The molecule has 0 bridgehead atoms. The van der Waals surface area contributed by atoms with Crippen molar-refractivity contribution in [1.82, 2.24) is 4.90 Å².